The molecule has 1 aromatic rings. The van der Waals surface area contributed by atoms with E-state index in [1.54, 1.807) is 0 Å². The minimum absolute atomic E-state index is 0.0176. The van der Waals surface area contributed by atoms with Crippen LogP contribution in [0.4, 0.5) is 0 Å². The van der Waals surface area contributed by atoms with E-state index in [1.165, 1.54) is 12.0 Å². The van der Waals surface area contributed by atoms with E-state index in [4.69, 9.17) is 5.73 Å². The van der Waals surface area contributed by atoms with Crippen LogP contribution in [0.1, 0.15) is 18.4 Å². The molecule has 1 aliphatic heterocycles. The van der Waals surface area contributed by atoms with Crippen LogP contribution in [-0.4, -0.2) is 13.1 Å². The van der Waals surface area contributed by atoms with Gasteiger partial charge in [-0.1, -0.05) is 28.1 Å². The predicted octanol–water partition coefficient (Wildman–Crippen LogP) is 1.99. The Labute approximate surface area is 93.0 Å². The van der Waals surface area contributed by atoms with Crippen molar-refractivity contribution >= 4 is 15.9 Å². The minimum atomic E-state index is 0.0176. The predicted molar refractivity (Wildman–Crippen MR) is 62.1 cm³/mol. The van der Waals surface area contributed by atoms with Crippen LogP contribution in [0.5, 0.6) is 0 Å². The van der Waals surface area contributed by atoms with Gasteiger partial charge in [0.05, 0.1) is 5.54 Å². The molecular weight excluding hydrogens is 240 g/mol. The van der Waals surface area contributed by atoms with Gasteiger partial charge in [0, 0.05) is 11.0 Å². The fourth-order valence-electron chi connectivity index (χ4n) is 2.13. The molecule has 1 aliphatic rings. The van der Waals surface area contributed by atoms with E-state index in [1.807, 2.05) is 6.07 Å². The summed E-state index contributed by atoms with van der Waals surface area (Å²) in [7, 11) is 0. The van der Waals surface area contributed by atoms with E-state index in [0.717, 1.165) is 17.4 Å². The Morgan fingerprint density at radius 2 is 2.36 bits per heavy atom. The molecule has 1 fully saturated rings. The van der Waals surface area contributed by atoms with Gasteiger partial charge in [0.1, 0.15) is 0 Å². The van der Waals surface area contributed by atoms with E-state index in [-0.39, 0.29) is 5.54 Å². The smallest absolute Gasteiger partial charge is 0.0559 e. The standard InChI is InChI=1S/C11H15BrN2/c12-10-4-1-3-9(7-10)11(8-13)5-2-6-14-11/h1,3-4,7,14H,2,5-6,8,13H2. The van der Waals surface area contributed by atoms with Crippen molar-refractivity contribution in [3.8, 4) is 0 Å². The van der Waals surface area contributed by atoms with Gasteiger partial charge >= 0.3 is 0 Å². The average Bonchev–Trinajstić information content (AvgIpc) is 2.67. The summed E-state index contributed by atoms with van der Waals surface area (Å²) in [6.45, 7) is 1.74. The summed E-state index contributed by atoms with van der Waals surface area (Å²) in [5.41, 5.74) is 7.19. The second kappa shape index (κ2) is 4.01. The number of nitrogens with one attached hydrogen (secondary N) is 1. The van der Waals surface area contributed by atoms with E-state index in [9.17, 15) is 0 Å². The molecule has 0 aliphatic carbocycles. The molecule has 0 saturated carbocycles. The molecule has 1 atom stereocenters. The zero-order valence-electron chi connectivity index (χ0n) is 8.09. The molecule has 76 valence electrons. The third kappa shape index (κ3) is 1.72. The fraction of sp³-hybridized carbons (Fsp3) is 0.455. The summed E-state index contributed by atoms with van der Waals surface area (Å²) >= 11 is 3.49. The Kier molecular flexibility index (Phi) is 2.91. The van der Waals surface area contributed by atoms with Crippen molar-refractivity contribution in [2.24, 2.45) is 5.73 Å². The lowest BCUT2D eigenvalue weighted by atomic mass is 9.88. The minimum Gasteiger partial charge on any atom is -0.328 e. The summed E-state index contributed by atoms with van der Waals surface area (Å²) < 4.78 is 1.12. The highest BCUT2D eigenvalue weighted by molar-refractivity contribution is 9.10. The van der Waals surface area contributed by atoms with Crippen molar-refractivity contribution in [3.63, 3.8) is 0 Å². The van der Waals surface area contributed by atoms with Gasteiger partial charge in [-0.15, -0.1) is 0 Å². The summed E-state index contributed by atoms with van der Waals surface area (Å²) in [5.74, 6) is 0. The summed E-state index contributed by atoms with van der Waals surface area (Å²) in [6.07, 6.45) is 2.35. The number of benzene rings is 1. The van der Waals surface area contributed by atoms with Crippen molar-refractivity contribution in [1.29, 1.82) is 0 Å². The van der Waals surface area contributed by atoms with Gasteiger partial charge < -0.3 is 11.1 Å². The van der Waals surface area contributed by atoms with Crippen LogP contribution in [0.2, 0.25) is 0 Å². The molecule has 2 nitrogen and oxygen atoms in total. The maximum absolute atomic E-state index is 5.87. The second-order valence-electron chi connectivity index (χ2n) is 3.83. The summed E-state index contributed by atoms with van der Waals surface area (Å²) in [4.78, 5) is 0. The molecule has 3 heteroatoms. The van der Waals surface area contributed by atoms with Gasteiger partial charge in [0.2, 0.25) is 0 Å². The quantitative estimate of drug-likeness (QED) is 0.848. The molecule has 0 aromatic heterocycles. The number of halogens is 1. The lowest BCUT2D eigenvalue weighted by Crippen LogP contribution is -2.43. The number of hydrogen-bond donors (Lipinski definition) is 2. The molecule has 1 unspecified atom stereocenters. The SMILES string of the molecule is NCC1(c2cccc(Br)c2)CCCN1. The normalized spacial score (nSPS) is 26.7. The van der Waals surface area contributed by atoms with Crippen LogP contribution in [0, 0.1) is 0 Å². The zero-order valence-corrected chi connectivity index (χ0v) is 9.68. The van der Waals surface area contributed by atoms with Gasteiger partial charge in [0.25, 0.3) is 0 Å². The van der Waals surface area contributed by atoms with Gasteiger partial charge in [-0.2, -0.15) is 0 Å². The van der Waals surface area contributed by atoms with Crippen LogP contribution < -0.4 is 11.1 Å². The van der Waals surface area contributed by atoms with Crippen LogP contribution in [0.15, 0.2) is 28.7 Å². The number of nitrogens with two attached hydrogens (primary N) is 1. The highest BCUT2D eigenvalue weighted by atomic mass is 79.9. The first-order chi connectivity index (χ1) is 6.77. The molecule has 2 rings (SSSR count). The van der Waals surface area contributed by atoms with E-state index < -0.39 is 0 Å². The molecule has 0 radical (unpaired) electrons. The third-order valence-electron chi connectivity index (χ3n) is 2.97. The molecule has 0 spiro atoms. The molecule has 14 heavy (non-hydrogen) atoms. The van der Waals surface area contributed by atoms with Gasteiger partial charge in [-0.3, -0.25) is 0 Å². The highest BCUT2D eigenvalue weighted by Gasteiger charge is 2.33. The molecule has 0 amide bonds. The Morgan fingerprint density at radius 3 is 2.93 bits per heavy atom. The van der Waals surface area contributed by atoms with Crippen LogP contribution in [0.3, 0.4) is 0 Å². The maximum Gasteiger partial charge on any atom is 0.0559 e. The Balaban J connectivity index is 2.35. The summed E-state index contributed by atoms with van der Waals surface area (Å²) in [5, 5.41) is 3.52. The topological polar surface area (TPSA) is 38.0 Å². The Bertz CT molecular complexity index is 319. The molecule has 3 N–H and O–H groups in total. The van der Waals surface area contributed by atoms with Crippen molar-refractivity contribution in [2.45, 2.75) is 18.4 Å². The van der Waals surface area contributed by atoms with E-state index >= 15 is 0 Å². The van der Waals surface area contributed by atoms with Crippen LogP contribution in [-0.2, 0) is 5.54 Å². The molecule has 1 aromatic carbocycles. The number of rotatable bonds is 2. The monoisotopic (exact) mass is 254 g/mol. The van der Waals surface area contributed by atoms with E-state index in [0.29, 0.717) is 6.54 Å². The maximum atomic E-state index is 5.87. The van der Waals surface area contributed by atoms with Crippen molar-refractivity contribution in [1.82, 2.24) is 5.32 Å². The first-order valence-corrected chi connectivity index (χ1v) is 5.77. The first-order valence-electron chi connectivity index (χ1n) is 4.98. The lowest BCUT2D eigenvalue weighted by molar-refractivity contribution is 0.401. The van der Waals surface area contributed by atoms with Gasteiger partial charge in [0.15, 0.2) is 0 Å². The zero-order chi connectivity index (χ0) is 10.0. The first kappa shape index (κ1) is 10.1. The van der Waals surface area contributed by atoms with Crippen molar-refractivity contribution < 1.29 is 0 Å². The lowest BCUT2D eigenvalue weighted by Gasteiger charge is -2.28. The fourth-order valence-corrected chi connectivity index (χ4v) is 2.53. The largest absolute Gasteiger partial charge is 0.328 e. The van der Waals surface area contributed by atoms with Crippen LogP contribution >= 0.6 is 15.9 Å². The number of hydrogen-bond acceptors (Lipinski definition) is 2. The summed E-state index contributed by atoms with van der Waals surface area (Å²) in [6, 6.07) is 8.42. The average molecular weight is 255 g/mol. The van der Waals surface area contributed by atoms with Crippen LogP contribution in [0.25, 0.3) is 0 Å². The highest BCUT2D eigenvalue weighted by Crippen LogP contribution is 2.31. The van der Waals surface area contributed by atoms with E-state index in [2.05, 4.69) is 39.4 Å². The molecule has 1 heterocycles. The van der Waals surface area contributed by atoms with Crippen molar-refractivity contribution in [3.05, 3.63) is 34.3 Å². The second-order valence-corrected chi connectivity index (χ2v) is 4.74. The Morgan fingerprint density at radius 1 is 1.50 bits per heavy atom. The Hall–Kier alpha value is -0.380. The van der Waals surface area contributed by atoms with Gasteiger partial charge in [-0.05, 0) is 37.1 Å². The van der Waals surface area contributed by atoms with Gasteiger partial charge in [-0.25, -0.2) is 0 Å². The molecular formula is C11H15BrN2. The molecule has 1 saturated heterocycles. The molecule has 0 bridgehead atoms. The third-order valence-corrected chi connectivity index (χ3v) is 3.46. The van der Waals surface area contributed by atoms with Crippen molar-refractivity contribution in [2.75, 3.05) is 13.1 Å².